The molecule has 3 N–H and O–H groups in total. The second-order valence-corrected chi connectivity index (χ2v) is 4.31. The van der Waals surface area contributed by atoms with Crippen LogP contribution >= 0.6 is 0 Å². The second kappa shape index (κ2) is 3.19. The Morgan fingerprint density at radius 1 is 1.64 bits per heavy atom. The Morgan fingerprint density at radius 2 is 2.36 bits per heavy atom. The van der Waals surface area contributed by atoms with E-state index in [1.165, 1.54) is 19.3 Å². The molecule has 4 heteroatoms. The SMILES string of the molecule is CCC1(CNc2nn(C)cc2N)CC1. The maximum Gasteiger partial charge on any atom is 0.171 e. The number of anilines is 2. The molecule has 1 aromatic heterocycles. The Bertz CT molecular complexity index is 325. The van der Waals surface area contributed by atoms with E-state index in [-0.39, 0.29) is 0 Å². The van der Waals surface area contributed by atoms with E-state index in [4.69, 9.17) is 5.73 Å². The van der Waals surface area contributed by atoms with E-state index in [0.717, 1.165) is 18.1 Å². The number of hydrogen-bond acceptors (Lipinski definition) is 3. The summed E-state index contributed by atoms with van der Waals surface area (Å²) in [6.07, 6.45) is 5.74. The molecule has 0 radical (unpaired) electrons. The average Bonchev–Trinajstić information content (AvgIpc) is 2.86. The van der Waals surface area contributed by atoms with Gasteiger partial charge >= 0.3 is 0 Å². The van der Waals surface area contributed by atoms with Crippen molar-refractivity contribution < 1.29 is 0 Å². The molecule has 0 aliphatic heterocycles. The highest BCUT2D eigenvalue weighted by molar-refractivity contribution is 5.59. The van der Waals surface area contributed by atoms with E-state index in [1.807, 2.05) is 13.2 Å². The summed E-state index contributed by atoms with van der Waals surface area (Å²) in [5.74, 6) is 0.826. The average molecular weight is 194 g/mol. The van der Waals surface area contributed by atoms with Gasteiger partial charge in [0, 0.05) is 19.8 Å². The largest absolute Gasteiger partial charge is 0.394 e. The van der Waals surface area contributed by atoms with Crippen LogP contribution in [0.3, 0.4) is 0 Å². The number of nitrogens with zero attached hydrogens (tertiary/aromatic N) is 2. The fourth-order valence-electron chi connectivity index (χ4n) is 1.75. The van der Waals surface area contributed by atoms with Crippen LogP contribution in [-0.4, -0.2) is 16.3 Å². The molecule has 0 atom stereocenters. The quantitative estimate of drug-likeness (QED) is 0.765. The maximum absolute atomic E-state index is 5.79. The lowest BCUT2D eigenvalue weighted by Crippen LogP contribution is -2.15. The lowest BCUT2D eigenvalue weighted by molar-refractivity contribution is 0.520. The molecule has 14 heavy (non-hydrogen) atoms. The van der Waals surface area contributed by atoms with Crippen molar-refractivity contribution in [3.63, 3.8) is 0 Å². The smallest absolute Gasteiger partial charge is 0.171 e. The molecule has 1 fully saturated rings. The Kier molecular flexibility index (Phi) is 2.13. The van der Waals surface area contributed by atoms with E-state index in [0.29, 0.717) is 5.41 Å². The molecule has 4 nitrogen and oxygen atoms in total. The van der Waals surface area contributed by atoms with Crippen molar-refractivity contribution in [3.05, 3.63) is 6.20 Å². The lowest BCUT2D eigenvalue weighted by atomic mass is 10.0. The first kappa shape index (κ1) is 9.37. The van der Waals surface area contributed by atoms with Crippen LogP contribution in [0.1, 0.15) is 26.2 Å². The molecule has 0 spiro atoms. The van der Waals surface area contributed by atoms with Crippen LogP contribution in [0.2, 0.25) is 0 Å². The lowest BCUT2D eigenvalue weighted by Gasteiger charge is -2.12. The van der Waals surface area contributed by atoms with Crippen LogP contribution in [0.4, 0.5) is 11.5 Å². The zero-order chi connectivity index (χ0) is 10.2. The summed E-state index contributed by atoms with van der Waals surface area (Å²) < 4.78 is 1.74. The second-order valence-electron chi connectivity index (χ2n) is 4.31. The van der Waals surface area contributed by atoms with E-state index < -0.39 is 0 Å². The number of nitrogens with one attached hydrogen (secondary N) is 1. The predicted octanol–water partition coefficient (Wildman–Crippen LogP) is 1.60. The third-order valence-electron chi connectivity index (χ3n) is 3.20. The highest BCUT2D eigenvalue weighted by Crippen LogP contribution is 2.48. The highest BCUT2D eigenvalue weighted by Gasteiger charge is 2.40. The van der Waals surface area contributed by atoms with Crippen LogP contribution in [0.5, 0.6) is 0 Å². The third-order valence-corrected chi connectivity index (χ3v) is 3.20. The molecule has 0 unspecified atom stereocenters. The molecule has 0 bridgehead atoms. The van der Waals surface area contributed by atoms with Crippen molar-refractivity contribution in [1.29, 1.82) is 0 Å². The van der Waals surface area contributed by atoms with Crippen molar-refractivity contribution in [2.45, 2.75) is 26.2 Å². The molecular formula is C10H18N4. The van der Waals surface area contributed by atoms with Crippen LogP contribution in [-0.2, 0) is 7.05 Å². The Labute approximate surface area is 84.5 Å². The maximum atomic E-state index is 5.79. The molecular weight excluding hydrogens is 176 g/mol. The van der Waals surface area contributed by atoms with Gasteiger partial charge < -0.3 is 11.1 Å². The molecule has 0 saturated heterocycles. The first-order valence-corrected chi connectivity index (χ1v) is 5.18. The summed E-state index contributed by atoms with van der Waals surface area (Å²) in [4.78, 5) is 0. The molecule has 1 heterocycles. The van der Waals surface area contributed by atoms with Gasteiger partial charge in [0.25, 0.3) is 0 Å². The Hall–Kier alpha value is -1.19. The summed E-state index contributed by atoms with van der Waals surface area (Å²) in [5, 5.41) is 7.59. The molecule has 1 aliphatic carbocycles. The van der Waals surface area contributed by atoms with Crippen LogP contribution in [0.15, 0.2) is 6.20 Å². The number of aromatic nitrogens is 2. The van der Waals surface area contributed by atoms with Gasteiger partial charge in [0.2, 0.25) is 0 Å². The Morgan fingerprint density at radius 3 is 2.79 bits per heavy atom. The first-order chi connectivity index (χ1) is 6.65. The van der Waals surface area contributed by atoms with Crippen molar-refractivity contribution in [2.24, 2.45) is 12.5 Å². The van der Waals surface area contributed by atoms with Crippen molar-refractivity contribution in [2.75, 3.05) is 17.6 Å². The van der Waals surface area contributed by atoms with Crippen LogP contribution in [0.25, 0.3) is 0 Å². The highest BCUT2D eigenvalue weighted by atomic mass is 15.3. The number of hydrogen-bond donors (Lipinski definition) is 2. The Balaban J connectivity index is 1.95. The van der Waals surface area contributed by atoms with Gasteiger partial charge in [-0.1, -0.05) is 6.92 Å². The third kappa shape index (κ3) is 1.69. The fourth-order valence-corrected chi connectivity index (χ4v) is 1.75. The molecule has 0 aromatic carbocycles. The van der Waals surface area contributed by atoms with Gasteiger partial charge in [-0.3, -0.25) is 4.68 Å². The minimum Gasteiger partial charge on any atom is -0.394 e. The number of rotatable bonds is 4. The number of aryl methyl sites for hydroxylation is 1. The van der Waals surface area contributed by atoms with Crippen molar-refractivity contribution >= 4 is 11.5 Å². The van der Waals surface area contributed by atoms with Gasteiger partial charge in [-0.05, 0) is 24.7 Å². The van der Waals surface area contributed by atoms with E-state index in [1.54, 1.807) is 4.68 Å². The number of nitrogens with two attached hydrogens (primary N) is 1. The van der Waals surface area contributed by atoms with E-state index in [2.05, 4.69) is 17.3 Å². The summed E-state index contributed by atoms with van der Waals surface area (Å²) in [6.45, 7) is 3.25. The van der Waals surface area contributed by atoms with Crippen molar-refractivity contribution in [1.82, 2.24) is 9.78 Å². The van der Waals surface area contributed by atoms with Gasteiger partial charge in [-0.2, -0.15) is 5.10 Å². The summed E-state index contributed by atoms with van der Waals surface area (Å²) in [7, 11) is 1.88. The fraction of sp³-hybridized carbons (Fsp3) is 0.700. The van der Waals surface area contributed by atoms with Crippen LogP contribution in [0, 0.1) is 5.41 Å². The molecule has 1 saturated carbocycles. The summed E-state index contributed by atoms with van der Waals surface area (Å²) in [6, 6.07) is 0. The minimum atomic E-state index is 0.532. The van der Waals surface area contributed by atoms with E-state index >= 15 is 0 Å². The molecule has 78 valence electrons. The molecule has 1 aliphatic rings. The molecule has 0 amide bonds. The zero-order valence-electron chi connectivity index (χ0n) is 8.88. The zero-order valence-corrected chi connectivity index (χ0v) is 8.88. The van der Waals surface area contributed by atoms with Gasteiger partial charge in [-0.15, -0.1) is 0 Å². The van der Waals surface area contributed by atoms with Crippen LogP contribution < -0.4 is 11.1 Å². The predicted molar refractivity (Wildman–Crippen MR) is 58.1 cm³/mol. The normalized spacial score (nSPS) is 18.1. The number of nitrogen functional groups attached to an aromatic ring is 1. The summed E-state index contributed by atoms with van der Waals surface area (Å²) in [5.41, 5.74) is 7.05. The molecule has 2 rings (SSSR count). The monoisotopic (exact) mass is 194 g/mol. The standard InChI is InChI=1S/C10H18N4/c1-3-10(4-5-10)7-12-9-8(11)6-14(2)13-9/h6H,3-5,7,11H2,1-2H3,(H,12,13). The van der Waals surface area contributed by atoms with Gasteiger partial charge in [0.15, 0.2) is 5.82 Å². The van der Waals surface area contributed by atoms with Gasteiger partial charge in [-0.25, -0.2) is 0 Å². The minimum absolute atomic E-state index is 0.532. The molecule has 1 aromatic rings. The van der Waals surface area contributed by atoms with Crippen molar-refractivity contribution in [3.8, 4) is 0 Å². The van der Waals surface area contributed by atoms with Gasteiger partial charge in [0.1, 0.15) is 0 Å². The summed E-state index contributed by atoms with van der Waals surface area (Å²) >= 11 is 0. The first-order valence-electron chi connectivity index (χ1n) is 5.18. The topological polar surface area (TPSA) is 55.9 Å². The van der Waals surface area contributed by atoms with Gasteiger partial charge in [0.05, 0.1) is 5.69 Å². The van der Waals surface area contributed by atoms with E-state index in [9.17, 15) is 0 Å².